The van der Waals surface area contributed by atoms with Crippen molar-refractivity contribution in [3.8, 4) is 0 Å². The van der Waals surface area contributed by atoms with E-state index in [0.29, 0.717) is 13.2 Å². The largest absolute Gasteiger partial charge is 0.376 e. The van der Waals surface area contributed by atoms with Gasteiger partial charge >= 0.3 is 0 Å². The number of nitrogens with zero attached hydrogens (tertiary/aromatic N) is 1. The molecule has 1 saturated heterocycles. The number of rotatable bonds is 7. The Morgan fingerprint density at radius 3 is 2.73 bits per heavy atom. The molecule has 0 aromatic heterocycles. The van der Waals surface area contributed by atoms with Crippen LogP contribution in [0.5, 0.6) is 0 Å². The molecule has 2 aromatic carbocycles. The summed E-state index contributed by atoms with van der Waals surface area (Å²) in [5.74, 6) is -0.461. The number of nitrogens with one attached hydrogen (secondary N) is 2. The van der Waals surface area contributed by atoms with Crippen LogP contribution in [0.15, 0.2) is 41.3 Å². The zero-order chi connectivity index (χ0) is 21.9. The smallest absolute Gasteiger partial charge is 0.275 e. The lowest BCUT2D eigenvalue weighted by Gasteiger charge is -2.15. The Labute approximate surface area is 178 Å². The van der Waals surface area contributed by atoms with Crippen molar-refractivity contribution in [2.24, 2.45) is 0 Å². The molecule has 1 aliphatic heterocycles. The van der Waals surface area contributed by atoms with Gasteiger partial charge in [-0.1, -0.05) is 23.7 Å². The van der Waals surface area contributed by atoms with E-state index in [0.717, 1.165) is 25.0 Å². The Hall–Kier alpha value is -2.69. The number of amides is 1. The van der Waals surface area contributed by atoms with Crippen LogP contribution in [0.1, 0.15) is 28.8 Å². The van der Waals surface area contributed by atoms with Crippen LogP contribution in [0.3, 0.4) is 0 Å². The number of nitro groups is 1. The van der Waals surface area contributed by atoms with Gasteiger partial charge in [0.2, 0.25) is 0 Å². The average molecular weight is 454 g/mol. The molecule has 2 N–H and O–H groups in total. The fourth-order valence-corrected chi connectivity index (χ4v) is 4.47. The molecule has 1 atom stereocenters. The predicted molar refractivity (Wildman–Crippen MR) is 111 cm³/mol. The standard InChI is InChI=1S/C19H20ClN3O6S/c1-12-16(20)9-14(10-18(12)23(25)26)30(27,28)22-17-7-3-2-6-15(17)19(24)21-11-13-5-4-8-29-13/h2-3,6-7,9-10,13,22H,4-5,8,11H2,1H3,(H,21,24). The Balaban J connectivity index is 1.85. The highest BCUT2D eigenvalue weighted by Gasteiger charge is 2.24. The van der Waals surface area contributed by atoms with Crippen molar-refractivity contribution in [1.82, 2.24) is 5.32 Å². The number of halogens is 1. The highest BCUT2D eigenvalue weighted by Crippen LogP contribution is 2.30. The summed E-state index contributed by atoms with van der Waals surface area (Å²) in [6.45, 7) is 2.40. The van der Waals surface area contributed by atoms with Crippen molar-refractivity contribution in [2.75, 3.05) is 17.9 Å². The molecular formula is C19H20ClN3O6S. The number of hydrogen-bond acceptors (Lipinski definition) is 6. The second kappa shape index (κ2) is 8.99. The summed E-state index contributed by atoms with van der Waals surface area (Å²) < 4.78 is 33.5. The molecule has 1 aliphatic rings. The quantitative estimate of drug-likeness (QED) is 0.489. The average Bonchev–Trinajstić information content (AvgIpc) is 3.21. The van der Waals surface area contributed by atoms with E-state index in [4.69, 9.17) is 16.3 Å². The number of hydrogen-bond donors (Lipinski definition) is 2. The van der Waals surface area contributed by atoms with E-state index < -0.39 is 26.5 Å². The summed E-state index contributed by atoms with van der Waals surface area (Å²) in [6.07, 6.45) is 1.72. The Kier molecular flexibility index (Phi) is 6.59. The molecule has 0 aliphatic carbocycles. The fraction of sp³-hybridized carbons (Fsp3) is 0.316. The molecule has 1 heterocycles. The Bertz CT molecular complexity index is 1080. The van der Waals surface area contributed by atoms with E-state index in [-0.39, 0.29) is 32.8 Å². The van der Waals surface area contributed by atoms with Gasteiger partial charge in [-0.05, 0) is 38.0 Å². The number of carbonyl (C=O) groups excluding carboxylic acids is 1. The number of sulfonamides is 1. The van der Waals surface area contributed by atoms with E-state index in [1.807, 2.05) is 0 Å². The van der Waals surface area contributed by atoms with E-state index >= 15 is 0 Å². The van der Waals surface area contributed by atoms with Crippen LogP contribution >= 0.6 is 11.6 Å². The molecule has 0 radical (unpaired) electrons. The van der Waals surface area contributed by atoms with Gasteiger partial charge in [-0.15, -0.1) is 0 Å². The molecule has 1 fully saturated rings. The van der Waals surface area contributed by atoms with Crippen LogP contribution < -0.4 is 10.0 Å². The minimum Gasteiger partial charge on any atom is -0.376 e. The first-order valence-corrected chi connectivity index (χ1v) is 11.0. The number of benzene rings is 2. The van der Waals surface area contributed by atoms with Gasteiger partial charge in [-0.25, -0.2) is 8.42 Å². The van der Waals surface area contributed by atoms with Gasteiger partial charge in [0.05, 0.1) is 32.2 Å². The maximum atomic E-state index is 12.8. The molecule has 0 spiro atoms. The topological polar surface area (TPSA) is 128 Å². The van der Waals surface area contributed by atoms with Crippen molar-refractivity contribution in [1.29, 1.82) is 0 Å². The second-order valence-corrected chi connectivity index (χ2v) is 8.89. The molecule has 160 valence electrons. The molecule has 0 bridgehead atoms. The van der Waals surface area contributed by atoms with E-state index in [1.54, 1.807) is 12.1 Å². The zero-order valence-electron chi connectivity index (χ0n) is 16.1. The maximum Gasteiger partial charge on any atom is 0.275 e. The second-order valence-electron chi connectivity index (χ2n) is 6.80. The third kappa shape index (κ3) is 4.89. The molecule has 0 saturated carbocycles. The van der Waals surface area contributed by atoms with Crippen LogP contribution in [-0.4, -0.2) is 38.5 Å². The van der Waals surface area contributed by atoms with Crippen LogP contribution in [-0.2, 0) is 14.8 Å². The highest BCUT2D eigenvalue weighted by atomic mass is 35.5. The summed E-state index contributed by atoms with van der Waals surface area (Å²) in [4.78, 5) is 22.7. The van der Waals surface area contributed by atoms with Crippen molar-refractivity contribution >= 4 is 38.9 Å². The highest BCUT2D eigenvalue weighted by molar-refractivity contribution is 7.92. The molecule has 1 amide bonds. The molecule has 9 nitrogen and oxygen atoms in total. The van der Waals surface area contributed by atoms with Crippen LogP contribution in [0, 0.1) is 17.0 Å². The molecule has 3 rings (SSSR count). The summed E-state index contributed by atoms with van der Waals surface area (Å²) in [5, 5.41) is 13.9. The number of para-hydroxylation sites is 1. The van der Waals surface area contributed by atoms with Crippen molar-refractivity contribution in [3.63, 3.8) is 0 Å². The first kappa shape index (κ1) is 22.0. The van der Waals surface area contributed by atoms with Crippen LogP contribution in [0.4, 0.5) is 11.4 Å². The molecule has 2 aromatic rings. The van der Waals surface area contributed by atoms with Gasteiger partial charge in [0.1, 0.15) is 0 Å². The minimum atomic E-state index is -4.24. The first-order chi connectivity index (χ1) is 14.2. The van der Waals surface area contributed by atoms with Crippen molar-refractivity contribution < 1.29 is 22.9 Å². The summed E-state index contributed by atoms with van der Waals surface area (Å²) in [5.41, 5.74) is -0.0894. The van der Waals surface area contributed by atoms with Crippen molar-refractivity contribution in [3.05, 3.63) is 62.7 Å². The van der Waals surface area contributed by atoms with E-state index in [9.17, 15) is 23.3 Å². The number of nitro benzene ring substituents is 1. The predicted octanol–water partition coefficient (Wildman–Crippen LogP) is 3.27. The van der Waals surface area contributed by atoms with Gasteiger partial charge in [0.25, 0.3) is 21.6 Å². The van der Waals surface area contributed by atoms with Gasteiger partial charge < -0.3 is 10.1 Å². The molecular weight excluding hydrogens is 434 g/mol. The lowest BCUT2D eigenvalue weighted by atomic mass is 10.1. The number of carbonyl (C=O) groups is 1. The van der Waals surface area contributed by atoms with Gasteiger partial charge in [-0.2, -0.15) is 0 Å². The first-order valence-electron chi connectivity index (χ1n) is 9.15. The Morgan fingerprint density at radius 1 is 1.33 bits per heavy atom. The van der Waals surface area contributed by atoms with Gasteiger partial charge in [0, 0.05) is 24.8 Å². The van der Waals surface area contributed by atoms with E-state index in [2.05, 4.69) is 10.0 Å². The molecule has 1 unspecified atom stereocenters. The van der Waals surface area contributed by atoms with Crippen LogP contribution in [0.25, 0.3) is 0 Å². The third-order valence-electron chi connectivity index (χ3n) is 4.73. The SMILES string of the molecule is Cc1c(Cl)cc(S(=O)(=O)Nc2ccccc2C(=O)NCC2CCCO2)cc1[N+](=O)[O-]. The third-order valence-corrected chi connectivity index (χ3v) is 6.47. The molecule has 11 heteroatoms. The molecule has 30 heavy (non-hydrogen) atoms. The van der Waals surface area contributed by atoms with Gasteiger partial charge in [0.15, 0.2) is 0 Å². The lowest BCUT2D eigenvalue weighted by molar-refractivity contribution is -0.385. The summed E-state index contributed by atoms with van der Waals surface area (Å²) >= 11 is 5.98. The monoisotopic (exact) mass is 453 g/mol. The van der Waals surface area contributed by atoms with Crippen LogP contribution in [0.2, 0.25) is 5.02 Å². The summed E-state index contributed by atoms with van der Waals surface area (Å²) in [7, 11) is -4.24. The normalized spacial score (nSPS) is 16.3. The zero-order valence-corrected chi connectivity index (χ0v) is 17.6. The van der Waals surface area contributed by atoms with Gasteiger partial charge in [-0.3, -0.25) is 19.6 Å². The Morgan fingerprint density at radius 2 is 2.07 bits per heavy atom. The maximum absolute atomic E-state index is 12.8. The van der Waals surface area contributed by atoms with E-state index in [1.165, 1.54) is 19.1 Å². The number of anilines is 1. The minimum absolute atomic E-state index is 0.0432. The van der Waals surface area contributed by atoms with Crippen molar-refractivity contribution in [2.45, 2.75) is 30.8 Å². The summed E-state index contributed by atoms with van der Waals surface area (Å²) in [6, 6.07) is 8.15. The lowest BCUT2D eigenvalue weighted by Crippen LogP contribution is -2.32. The number of ether oxygens (including phenoxy) is 1. The fourth-order valence-electron chi connectivity index (χ4n) is 3.07.